The number of para-hydroxylation sites is 2. The number of Topliss-reactive ketones (excluding diaryl/α,β-unsaturated/α-hetero) is 1. The van der Waals surface area contributed by atoms with Crippen LogP contribution in [0.15, 0.2) is 84.3 Å². The van der Waals surface area contributed by atoms with Crippen LogP contribution in [0.1, 0.15) is 41.9 Å². The minimum absolute atomic E-state index is 0.0170. The number of aryl methyl sites for hydroxylation is 1. The van der Waals surface area contributed by atoms with Crippen molar-refractivity contribution in [3.05, 3.63) is 111 Å². The number of benzene rings is 2. The van der Waals surface area contributed by atoms with Crippen LogP contribution in [0.4, 0.5) is 11.5 Å². The van der Waals surface area contributed by atoms with Crippen LogP contribution in [0.3, 0.4) is 0 Å². The van der Waals surface area contributed by atoms with Gasteiger partial charge in [0.05, 0.1) is 18.0 Å². The molecule has 1 amide bonds. The minimum atomic E-state index is -0.811. The lowest BCUT2D eigenvalue weighted by Gasteiger charge is -2.38. The maximum atomic E-state index is 13.8. The van der Waals surface area contributed by atoms with E-state index in [9.17, 15) is 19.7 Å². The van der Waals surface area contributed by atoms with Crippen LogP contribution in [0.25, 0.3) is 0 Å². The van der Waals surface area contributed by atoms with Crippen molar-refractivity contribution >= 4 is 23.2 Å². The summed E-state index contributed by atoms with van der Waals surface area (Å²) in [4.78, 5) is 42.4. The smallest absolute Gasteiger partial charge is 0.310 e. The highest BCUT2D eigenvalue weighted by Crippen LogP contribution is 2.45. The number of amides is 1. The van der Waals surface area contributed by atoms with E-state index >= 15 is 0 Å². The van der Waals surface area contributed by atoms with Gasteiger partial charge in [-0.25, -0.2) is 4.98 Å². The van der Waals surface area contributed by atoms with Crippen LogP contribution < -0.4 is 20.1 Å². The van der Waals surface area contributed by atoms with Gasteiger partial charge >= 0.3 is 5.69 Å². The number of nitro benzene ring substituents is 1. The molecule has 210 valence electrons. The molecule has 2 aromatic carbocycles. The molecule has 2 heterocycles. The van der Waals surface area contributed by atoms with E-state index in [0.29, 0.717) is 53.2 Å². The van der Waals surface area contributed by atoms with Crippen molar-refractivity contribution in [2.75, 3.05) is 12.4 Å². The monoisotopic (exact) mass is 554 g/mol. The number of ether oxygens (including phenoxy) is 2. The van der Waals surface area contributed by atoms with Crippen molar-refractivity contribution in [2.45, 2.75) is 38.7 Å². The molecule has 1 aliphatic carbocycles. The van der Waals surface area contributed by atoms with Crippen molar-refractivity contribution < 1.29 is 24.0 Å². The van der Waals surface area contributed by atoms with Gasteiger partial charge in [-0.1, -0.05) is 30.8 Å². The predicted octanol–water partition coefficient (Wildman–Crippen LogP) is 5.35. The van der Waals surface area contributed by atoms with Gasteiger partial charge in [0, 0.05) is 47.1 Å². The highest BCUT2D eigenvalue weighted by molar-refractivity contribution is 6.02. The molecule has 41 heavy (non-hydrogen) atoms. The molecule has 2 atom stereocenters. The average Bonchev–Trinajstić information content (AvgIpc) is 2.96. The van der Waals surface area contributed by atoms with E-state index in [4.69, 9.17) is 9.47 Å². The normalized spacial score (nSPS) is 18.3. The highest BCUT2D eigenvalue weighted by Gasteiger charge is 2.43. The van der Waals surface area contributed by atoms with Gasteiger partial charge in [-0.15, -0.1) is 0 Å². The van der Waals surface area contributed by atoms with Gasteiger partial charge < -0.3 is 20.1 Å². The lowest BCUT2D eigenvalue weighted by atomic mass is 9.71. The number of carbonyl (C=O) groups is 2. The summed E-state index contributed by atoms with van der Waals surface area (Å²) >= 11 is 0. The lowest BCUT2D eigenvalue weighted by Crippen LogP contribution is -2.42. The predicted molar refractivity (Wildman–Crippen MR) is 152 cm³/mol. The first-order valence-electron chi connectivity index (χ1n) is 13.3. The van der Waals surface area contributed by atoms with Crippen LogP contribution in [0.2, 0.25) is 0 Å². The molecule has 2 N–H and O–H groups in total. The van der Waals surface area contributed by atoms with Gasteiger partial charge in [-0.05, 0) is 55.2 Å². The minimum Gasteiger partial charge on any atom is -0.496 e. The Hall–Kier alpha value is -4.99. The molecule has 2 aliphatic rings. The van der Waals surface area contributed by atoms with Crippen LogP contribution in [-0.2, 0) is 16.2 Å². The summed E-state index contributed by atoms with van der Waals surface area (Å²) in [7, 11) is 1.52. The number of nitro groups is 1. The fraction of sp³-hybridized carbons (Fsp3) is 0.258. The van der Waals surface area contributed by atoms with E-state index in [1.165, 1.54) is 19.2 Å². The number of hydrogen-bond donors (Lipinski definition) is 2. The number of hydrogen-bond acceptors (Lipinski definition) is 8. The molecule has 2 unspecified atom stereocenters. The molecular weight excluding hydrogens is 524 g/mol. The molecule has 3 aromatic rings. The third kappa shape index (κ3) is 5.54. The summed E-state index contributed by atoms with van der Waals surface area (Å²) in [6.45, 7) is 6.00. The van der Waals surface area contributed by atoms with Crippen molar-refractivity contribution in [3.8, 4) is 11.5 Å². The highest BCUT2D eigenvalue weighted by atomic mass is 16.6. The third-order valence-corrected chi connectivity index (χ3v) is 7.43. The van der Waals surface area contributed by atoms with Crippen LogP contribution in [0.5, 0.6) is 11.5 Å². The summed E-state index contributed by atoms with van der Waals surface area (Å²) in [6.07, 6.45) is 3.38. The Bertz CT molecular complexity index is 1580. The molecular formula is C31H30N4O6. The lowest BCUT2D eigenvalue weighted by molar-refractivity contribution is -0.385. The third-order valence-electron chi connectivity index (χ3n) is 7.43. The van der Waals surface area contributed by atoms with E-state index in [1.807, 2.05) is 25.1 Å². The molecule has 0 saturated carbocycles. The number of carbonyl (C=O) groups excluding carboxylic acids is 2. The van der Waals surface area contributed by atoms with E-state index in [1.54, 1.807) is 30.5 Å². The topological polar surface area (TPSA) is 133 Å². The second-order valence-corrected chi connectivity index (χ2v) is 10.0. The number of methoxy groups -OCH3 is 1. The summed E-state index contributed by atoms with van der Waals surface area (Å²) in [6, 6.07) is 15.2. The Morgan fingerprint density at radius 3 is 2.73 bits per heavy atom. The summed E-state index contributed by atoms with van der Waals surface area (Å²) in [5.41, 5.74) is 3.80. The first kappa shape index (κ1) is 27.6. The van der Waals surface area contributed by atoms with E-state index in [-0.39, 0.29) is 29.7 Å². The zero-order valence-electron chi connectivity index (χ0n) is 22.8. The molecule has 10 nitrogen and oxygen atoms in total. The second kappa shape index (κ2) is 11.6. The molecule has 1 aliphatic heterocycles. The number of nitrogens with one attached hydrogen (secondary N) is 2. The Balaban J connectivity index is 1.55. The molecule has 5 rings (SSSR count). The van der Waals surface area contributed by atoms with Gasteiger partial charge in [0.2, 0.25) is 5.91 Å². The zero-order valence-corrected chi connectivity index (χ0v) is 22.8. The van der Waals surface area contributed by atoms with Gasteiger partial charge in [0.15, 0.2) is 11.5 Å². The molecule has 0 radical (unpaired) electrons. The first-order chi connectivity index (χ1) is 19.8. The van der Waals surface area contributed by atoms with Crippen LogP contribution in [0, 0.1) is 23.0 Å². The maximum absolute atomic E-state index is 13.8. The summed E-state index contributed by atoms with van der Waals surface area (Å²) < 4.78 is 11.4. The largest absolute Gasteiger partial charge is 0.496 e. The number of pyridine rings is 1. The summed E-state index contributed by atoms with van der Waals surface area (Å²) in [5, 5.41) is 17.6. The standard InChI is InChI=1S/C31H30N4O6/c1-18-8-7-15-32-30(18)34-31(37)27-19(2)33-22-9-6-11-24(36)29(22)28(27)20-13-14-25(40-3)21(16-20)17-41-26-12-5-4-10-23(26)35(38)39/h4-5,7-8,10,12-16,27-28,33H,2,6,9,11,17H2,1,3H3,(H,32,34,37). The van der Waals surface area contributed by atoms with E-state index in [2.05, 4.69) is 22.2 Å². The van der Waals surface area contributed by atoms with E-state index < -0.39 is 16.8 Å². The Kier molecular flexibility index (Phi) is 7.82. The summed E-state index contributed by atoms with van der Waals surface area (Å²) in [5.74, 6) is -0.720. The maximum Gasteiger partial charge on any atom is 0.310 e. The molecule has 0 saturated heterocycles. The number of ketones is 1. The van der Waals surface area contributed by atoms with Crippen LogP contribution >= 0.6 is 0 Å². The zero-order chi connectivity index (χ0) is 29.1. The van der Waals surface area contributed by atoms with Gasteiger partial charge in [-0.3, -0.25) is 19.7 Å². The number of aromatic nitrogens is 1. The molecule has 0 fully saturated rings. The fourth-order valence-electron chi connectivity index (χ4n) is 5.46. The van der Waals surface area contributed by atoms with Crippen LogP contribution in [-0.4, -0.2) is 28.7 Å². The average molecular weight is 555 g/mol. The molecule has 0 spiro atoms. The number of rotatable bonds is 8. The van der Waals surface area contributed by atoms with Gasteiger partial charge in [0.1, 0.15) is 18.2 Å². The molecule has 10 heteroatoms. The van der Waals surface area contributed by atoms with Crippen molar-refractivity contribution in [3.63, 3.8) is 0 Å². The molecule has 1 aromatic heterocycles. The van der Waals surface area contributed by atoms with Gasteiger partial charge in [0.25, 0.3) is 0 Å². The van der Waals surface area contributed by atoms with Crippen molar-refractivity contribution in [1.82, 2.24) is 10.3 Å². The Morgan fingerprint density at radius 1 is 1.17 bits per heavy atom. The van der Waals surface area contributed by atoms with E-state index in [0.717, 1.165) is 11.3 Å². The van der Waals surface area contributed by atoms with Crippen molar-refractivity contribution in [2.24, 2.45) is 5.92 Å². The number of anilines is 1. The number of allylic oxidation sites excluding steroid dienone is 2. The number of nitrogens with zero attached hydrogens (tertiary/aromatic N) is 2. The SMILES string of the molecule is C=C1NC2=C(C(=O)CCC2)C(c2ccc(OC)c(COc3ccccc3[N+](=O)[O-])c2)C1C(=O)Nc1ncccc1C. The quantitative estimate of drug-likeness (QED) is 0.281. The Labute approximate surface area is 237 Å². The Morgan fingerprint density at radius 2 is 1.98 bits per heavy atom. The fourth-order valence-corrected chi connectivity index (χ4v) is 5.46. The molecule has 0 bridgehead atoms. The van der Waals surface area contributed by atoms with Gasteiger partial charge in [-0.2, -0.15) is 0 Å². The second-order valence-electron chi connectivity index (χ2n) is 10.0. The van der Waals surface area contributed by atoms with Crippen molar-refractivity contribution in [1.29, 1.82) is 0 Å². The first-order valence-corrected chi connectivity index (χ1v) is 13.3.